The molecule has 1 aliphatic heterocycles. The Kier molecular flexibility index (Phi) is 13.4. The molecule has 1 heterocycles. The van der Waals surface area contributed by atoms with Crippen molar-refractivity contribution in [2.75, 3.05) is 38.7 Å². The summed E-state index contributed by atoms with van der Waals surface area (Å²) in [4.78, 5) is 2.48. The van der Waals surface area contributed by atoms with E-state index in [1.165, 1.54) is 32.5 Å². The fourth-order valence-electron chi connectivity index (χ4n) is 1.66. The van der Waals surface area contributed by atoms with E-state index in [9.17, 15) is 0 Å². The molecule has 1 rings (SSSR count). The highest BCUT2D eigenvalue weighted by Gasteiger charge is 2.09. The molecule has 0 spiro atoms. The van der Waals surface area contributed by atoms with E-state index in [2.05, 4.69) is 4.90 Å². The third-order valence-electron chi connectivity index (χ3n) is 2.62. The number of alkyl halides is 1. The van der Waals surface area contributed by atoms with Crippen LogP contribution >= 0.6 is 11.6 Å². The van der Waals surface area contributed by atoms with Crippen LogP contribution in [0.25, 0.3) is 0 Å². The Hall–Kier alpha value is 0.170. The monoisotopic (exact) mass is 251 g/mol. The zero-order valence-electron chi connectivity index (χ0n) is 10.2. The third-order valence-corrected chi connectivity index (χ3v) is 2.89. The molecular formula is C12H26ClNO2. The molecule has 0 aliphatic carbocycles. The minimum atomic E-state index is 0.271. The van der Waals surface area contributed by atoms with Gasteiger partial charge in [0.2, 0.25) is 0 Å². The number of aliphatic hydroxyl groups is 2. The fraction of sp³-hybridized carbons (Fsp3) is 1.00. The SMILES string of the molecule is OCCCCCl.OCCCCN1CCCC1. The predicted octanol–water partition coefficient (Wildman–Crippen LogP) is 1.85. The van der Waals surface area contributed by atoms with Crippen molar-refractivity contribution in [2.45, 2.75) is 38.5 Å². The summed E-state index contributed by atoms with van der Waals surface area (Å²) in [6.45, 7) is 4.39. The molecule has 0 bridgehead atoms. The molecule has 0 unspecified atom stereocenters. The minimum absolute atomic E-state index is 0.271. The molecule has 0 amide bonds. The van der Waals surface area contributed by atoms with Gasteiger partial charge in [-0.15, -0.1) is 11.6 Å². The maximum absolute atomic E-state index is 8.52. The normalized spacial score (nSPS) is 15.9. The van der Waals surface area contributed by atoms with Gasteiger partial charge in [-0.05, 0) is 58.2 Å². The summed E-state index contributed by atoms with van der Waals surface area (Å²) in [5.41, 5.74) is 0. The van der Waals surface area contributed by atoms with Gasteiger partial charge in [0.1, 0.15) is 0 Å². The van der Waals surface area contributed by atoms with Crippen molar-refractivity contribution >= 4 is 11.6 Å². The molecule has 16 heavy (non-hydrogen) atoms. The molecule has 0 aromatic carbocycles. The lowest BCUT2D eigenvalue weighted by Gasteiger charge is -2.12. The van der Waals surface area contributed by atoms with Crippen LogP contribution < -0.4 is 0 Å². The van der Waals surface area contributed by atoms with Gasteiger partial charge in [0.05, 0.1) is 0 Å². The van der Waals surface area contributed by atoms with Crippen molar-refractivity contribution in [1.82, 2.24) is 4.90 Å². The predicted molar refractivity (Wildman–Crippen MR) is 69.0 cm³/mol. The number of aliphatic hydroxyl groups excluding tert-OH is 2. The fourth-order valence-corrected chi connectivity index (χ4v) is 1.85. The van der Waals surface area contributed by atoms with E-state index in [4.69, 9.17) is 21.8 Å². The Morgan fingerprint density at radius 1 is 0.875 bits per heavy atom. The Morgan fingerprint density at radius 3 is 1.88 bits per heavy atom. The summed E-state index contributed by atoms with van der Waals surface area (Å²) in [6.07, 6.45) is 6.65. The summed E-state index contributed by atoms with van der Waals surface area (Å²) in [7, 11) is 0. The molecule has 4 heteroatoms. The number of halogens is 1. The lowest BCUT2D eigenvalue weighted by Crippen LogP contribution is -2.20. The topological polar surface area (TPSA) is 43.7 Å². The molecule has 1 saturated heterocycles. The van der Waals surface area contributed by atoms with Crippen LogP contribution in [0.2, 0.25) is 0 Å². The molecule has 1 fully saturated rings. The molecule has 0 saturated carbocycles. The largest absolute Gasteiger partial charge is 0.396 e. The van der Waals surface area contributed by atoms with Crippen LogP contribution in [0.1, 0.15) is 38.5 Å². The number of nitrogens with zero attached hydrogens (tertiary/aromatic N) is 1. The van der Waals surface area contributed by atoms with Crippen molar-refractivity contribution in [3.8, 4) is 0 Å². The van der Waals surface area contributed by atoms with Gasteiger partial charge in [-0.2, -0.15) is 0 Å². The van der Waals surface area contributed by atoms with E-state index in [-0.39, 0.29) is 6.61 Å². The van der Waals surface area contributed by atoms with Crippen LogP contribution in [0.4, 0.5) is 0 Å². The van der Waals surface area contributed by atoms with Gasteiger partial charge >= 0.3 is 0 Å². The molecular weight excluding hydrogens is 226 g/mol. The maximum Gasteiger partial charge on any atom is 0.0431 e. The maximum atomic E-state index is 8.52. The summed E-state index contributed by atoms with van der Waals surface area (Å²) in [5, 5.41) is 16.7. The van der Waals surface area contributed by atoms with Gasteiger partial charge in [0.15, 0.2) is 0 Å². The summed E-state index contributed by atoms with van der Waals surface area (Å²) in [5.74, 6) is 0.667. The first-order valence-electron chi connectivity index (χ1n) is 6.35. The second kappa shape index (κ2) is 13.2. The van der Waals surface area contributed by atoms with Crippen LogP contribution in [0.3, 0.4) is 0 Å². The average molecular weight is 252 g/mol. The molecule has 0 atom stereocenters. The Bertz CT molecular complexity index is 126. The Morgan fingerprint density at radius 2 is 1.44 bits per heavy atom. The number of unbranched alkanes of at least 4 members (excludes halogenated alkanes) is 2. The Labute approximate surface area is 104 Å². The van der Waals surface area contributed by atoms with Gasteiger partial charge in [-0.1, -0.05) is 0 Å². The molecule has 0 radical (unpaired) electrons. The van der Waals surface area contributed by atoms with Crippen molar-refractivity contribution in [3.05, 3.63) is 0 Å². The zero-order valence-corrected chi connectivity index (χ0v) is 11.0. The molecule has 2 N–H and O–H groups in total. The van der Waals surface area contributed by atoms with E-state index < -0.39 is 0 Å². The van der Waals surface area contributed by atoms with Crippen LogP contribution in [-0.2, 0) is 0 Å². The smallest absolute Gasteiger partial charge is 0.0431 e. The van der Waals surface area contributed by atoms with E-state index in [1.54, 1.807) is 0 Å². The van der Waals surface area contributed by atoms with Gasteiger partial charge < -0.3 is 15.1 Å². The van der Waals surface area contributed by atoms with Gasteiger partial charge in [0.25, 0.3) is 0 Å². The second-order valence-electron chi connectivity index (χ2n) is 4.10. The zero-order chi connectivity index (χ0) is 12.1. The molecule has 1 aliphatic rings. The number of rotatable bonds is 7. The lowest BCUT2D eigenvalue weighted by molar-refractivity contribution is 0.264. The summed E-state index contributed by atoms with van der Waals surface area (Å²) < 4.78 is 0. The number of likely N-dealkylation sites (tertiary alicyclic amines) is 1. The first-order chi connectivity index (χ1) is 7.85. The van der Waals surface area contributed by atoms with Crippen molar-refractivity contribution < 1.29 is 10.2 Å². The first kappa shape index (κ1) is 16.2. The van der Waals surface area contributed by atoms with Crippen LogP contribution in [0.5, 0.6) is 0 Å². The lowest BCUT2D eigenvalue weighted by atomic mass is 10.3. The molecule has 3 nitrogen and oxygen atoms in total. The molecule has 98 valence electrons. The molecule has 0 aromatic heterocycles. The highest BCUT2D eigenvalue weighted by atomic mass is 35.5. The van der Waals surface area contributed by atoms with Gasteiger partial charge in [-0.3, -0.25) is 0 Å². The van der Waals surface area contributed by atoms with Gasteiger partial charge in [0, 0.05) is 19.1 Å². The minimum Gasteiger partial charge on any atom is -0.396 e. The quantitative estimate of drug-likeness (QED) is 0.536. The highest BCUT2D eigenvalue weighted by molar-refractivity contribution is 6.17. The van der Waals surface area contributed by atoms with Crippen LogP contribution in [0.15, 0.2) is 0 Å². The van der Waals surface area contributed by atoms with Crippen LogP contribution in [-0.4, -0.2) is 53.8 Å². The van der Waals surface area contributed by atoms with E-state index in [1.807, 2.05) is 0 Å². The number of hydrogen-bond donors (Lipinski definition) is 2. The second-order valence-corrected chi connectivity index (χ2v) is 4.48. The summed E-state index contributed by atoms with van der Waals surface area (Å²) in [6, 6.07) is 0. The van der Waals surface area contributed by atoms with Crippen molar-refractivity contribution in [2.24, 2.45) is 0 Å². The third kappa shape index (κ3) is 10.7. The van der Waals surface area contributed by atoms with Crippen molar-refractivity contribution in [1.29, 1.82) is 0 Å². The standard InChI is InChI=1S/C8H17NO.C4H9ClO/c10-8-4-3-7-9-5-1-2-6-9;5-3-1-2-4-6/h10H,1-8H2;6H,1-4H2. The molecule has 0 aromatic rings. The van der Waals surface area contributed by atoms with Crippen molar-refractivity contribution in [3.63, 3.8) is 0 Å². The summed E-state index contributed by atoms with van der Waals surface area (Å²) >= 11 is 5.27. The number of hydrogen-bond acceptors (Lipinski definition) is 3. The first-order valence-corrected chi connectivity index (χ1v) is 6.88. The van der Waals surface area contributed by atoms with E-state index in [0.717, 1.165) is 25.7 Å². The Balaban J connectivity index is 0.000000325. The highest BCUT2D eigenvalue weighted by Crippen LogP contribution is 2.07. The van der Waals surface area contributed by atoms with E-state index in [0.29, 0.717) is 12.5 Å². The van der Waals surface area contributed by atoms with Crippen LogP contribution in [0, 0.1) is 0 Å². The van der Waals surface area contributed by atoms with E-state index >= 15 is 0 Å². The average Bonchev–Trinajstić information content (AvgIpc) is 2.81. The van der Waals surface area contributed by atoms with Gasteiger partial charge in [-0.25, -0.2) is 0 Å².